The Bertz CT molecular complexity index is 2130. The number of rotatable bonds is 5. The van der Waals surface area contributed by atoms with E-state index in [1.54, 1.807) is 0 Å². The van der Waals surface area contributed by atoms with Gasteiger partial charge in [0.2, 0.25) is 0 Å². The summed E-state index contributed by atoms with van der Waals surface area (Å²) in [7, 11) is 0. The molecular weight excluding hydrogens is 526 g/mol. The Hall–Kier alpha value is -5.74. The Balaban J connectivity index is 1.29. The lowest BCUT2D eigenvalue weighted by atomic mass is 9.95. The van der Waals surface area contributed by atoms with Crippen LogP contribution in [0.2, 0.25) is 0 Å². The van der Waals surface area contributed by atoms with Crippen molar-refractivity contribution in [3.63, 3.8) is 0 Å². The Morgan fingerprint density at radius 1 is 0.465 bits per heavy atom. The minimum Gasteiger partial charge on any atom is -0.456 e. The number of nitrogens with one attached hydrogen (secondary N) is 1. The number of aliphatic imine (C=N–C) groups is 2. The molecule has 0 saturated heterocycles. The van der Waals surface area contributed by atoms with Gasteiger partial charge >= 0.3 is 0 Å². The van der Waals surface area contributed by atoms with Gasteiger partial charge in [0, 0.05) is 27.5 Å². The zero-order valence-electron chi connectivity index (χ0n) is 23.3. The predicted molar refractivity (Wildman–Crippen MR) is 176 cm³/mol. The van der Waals surface area contributed by atoms with E-state index < -0.39 is 0 Å². The van der Waals surface area contributed by atoms with Gasteiger partial charge in [-0.05, 0) is 34.4 Å². The third kappa shape index (κ3) is 4.59. The summed E-state index contributed by atoms with van der Waals surface area (Å²) in [5, 5.41) is 5.78. The van der Waals surface area contributed by atoms with Gasteiger partial charge < -0.3 is 9.73 Å². The summed E-state index contributed by atoms with van der Waals surface area (Å²) in [6, 6.07) is 52.1. The number of hydrogen-bond donors (Lipinski definition) is 1. The molecule has 43 heavy (non-hydrogen) atoms. The Labute approximate surface area is 249 Å². The van der Waals surface area contributed by atoms with Crippen LogP contribution in [0.1, 0.15) is 22.9 Å². The summed E-state index contributed by atoms with van der Waals surface area (Å²) in [6.07, 6.45) is -0.360. The van der Waals surface area contributed by atoms with Crippen molar-refractivity contribution < 1.29 is 4.42 Å². The third-order valence-corrected chi connectivity index (χ3v) is 7.97. The van der Waals surface area contributed by atoms with Gasteiger partial charge in [0.15, 0.2) is 5.84 Å². The molecule has 204 valence electrons. The van der Waals surface area contributed by atoms with Gasteiger partial charge in [0.25, 0.3) is 0 Å². The molecule has 1 aliphatic heterocycles. The van der Waals surface area contributed by atoms with Crippen LogP contribution in [0.15, 0.2) is 166 Å². The van der Waals surface area contributed by atoms with E-state index in [9.17, 15) is 0 Å². The SMILES string of the molecule is c1ccc(C2=NC(c3cccc4oc5cccc(-c6ccc(-c7ccccc7)cc6)c5c34)NC(c3ccccc3)=N2)cc1. The maximum Gasteiger partial charge on any atom is 0.159 e. The van der Waals surface area contributed by atoms with E-state index in [1.165, 1.54) is 11.1 Å². The molecule has 2 heterocycles. The molecule has 1 N–H and O–H groups in total. The van der Waals surface area contributed by atoms with Gasteiger partial charge in [0.1, 0.15) is 23.2 Å². The molecule has 0 aliphatic carbocycles. The average molecular weight is 554 g/mol. The zero-order chi connectivity index (χ0) is 28.6. The molecule has 0 spiro atoms. The number of hydrogen-bond acceptors (Lipinski definition) is 4. The van der Waals surface area contributed by atoms with E-state index in [2.05, 4.69) is 96.3 Å². The van der Waals surface area contributed by atoms with Crippen molar-refractivity contribution in [2.75, 3.05) is 0 Å². The van der Waals surface area contributed by atoms with Gasteiger partial charge in [-0.15, -0.1) is 0 Å². The van der Waals surface area contributed by atoms with Crippen LogP contribution in [0.25, 0.3) is 44.2 Å². The van der Waals surface area contributed by atoms with Gasteiger partial charge in [-0.2, -0.15) is 0 Å². The van der Waals surface area contributed by atoms with E-state index in [4.69, 9.17) is 14.4 Å². The van der Waals surface area contributed by atoms with Crippen LogP contribution in [0.3, 0.4) is 0 Å². The molecule has 0 bridgehead atoms. The molecule has 0 fully saturated rings. The fraction of sp³-hybridized carbons (Fsp3) is 0.0256. The van der Waals surface area contributed by atoms with Crippen LogP contribution >= 0.6 is 0 Å². The van der Waals surface area contributed by atoms with Crippen molar-refractivity contribution in [1.82, 2.24) is 5.32 Å². The monoisotopic (exact) mass is 553 g/mol. The number of nitrogens with zero attached hydrogens (tertiary/aromatic N) is 2. The van der Waals surface area contributed by atoms with Crippen LogP contribution in [0.4, 0.5) is 0 Å². The van der Waals surface area contributed by atoms with E-state index in [-0.39, 0.29) is 6.17 Å². The summed E-state index contributed by atoms with van der Waals surface area (Å²) in [4.78, 5) is 10.1. The molecule has 4 nitrogen and oxygen atoms in total. The number of amidine groups is 2. The van der Waals surface area contributed by atoms with Crippen molar-refractivity contribution in [1.29, 1.82) is 0 Å². The Morgan fingerprint density at radius 2 is 1.02 bits per heavy atom. The Kier molecular flexibility index (Phi) is 6.16. The molecule has 1 aromatic heterocycles. The quantitative estimate of drug-likeness (QED) is 0.231. The van der Waals surface area contributed by atoms with Crippen LogP contribution in [0.5, 0.6) is 0 Å². The zero-order valence-corrected chi connectivity index (χ0v) is 23.3. The second kappa shape index (κ2) is 10.6. The van der Waals surface area contributed by atoms with E-state index in [0.29, 0.717) is 5.84 Å². The highest BCUT2D eigenvalue weighted by atomic mass is 16.3. The van der Waals surface area contributed by atoms with Crippen molar-refractivity contribution in [2.24, 2.45) is 9.98 Å². The molecule has 1 aliphatic rings. The number of fused-ring (bicyclic) bond motifs is 3. The smallest absolute Gasteiger partial charge is 0.159 e. The first-order chi connectivity index (χ1) is 21.3. The molecule has 7 aromatic rings. The summed E-state index contributed by atoms with van der Waals surface area (Å²) >= 11 is 0. The number of furan rings is 1. The lowest BCUT2D eigenvalue weighted by Gasteiger charge is -2.24. The van der Waals surface area contributed by atoms with Gasteiger partial charge in [-0.25, -0.2) is 9.98 Å². The highest BCUT2D eigenvalue weighted by Crippen LogP contribution is 2.41. The fourth-order valence-corrected chi connectivity index (χ4v) is 5.90. The second-order valence-electron chi connectivity index (χ2n) is 10.6. The summed E-state index contributed by atoms with van der Waals surface area (Å²) in [5.41, 5.74) is 9.38. The van der Waals surface area contributed by atoms with Gasteiger partial charge in [-0.3, -0.25) is 0 Å². The average Bonchev–Trinajstić information content (AvgIpc) is 3.49. The first-order valence-corrected chi connectivity index (χ1v) is 14.5. The highest BCUT2D eigenvalue weighted by molar-refractivity contribution is 6.16. The number of benzene rings is 6. The highest BCUT2D eigenvalue weighted by Gasteiger charge is 2.25. The second-order valence-corrected chi connectivity index (χ2v) is 10.6. The van der Waals surface area contributed by atoms with E-state index >= 15 is 0 Å². The summed E-state index contributed by atoms with van der Waals surface area (Å²) in [5.74, 6) is 1.49. The first-order valence-electron chi connectivity index (χ1n) is 14.5. The van der Waals surface area contributed by atoms with Crippen molar-refractivity contribution in [3.05, 3.63) is 168 Å². The Morgan fingerprint density at radius 3 is 1.72 bits per heavy atom. The van der Waals surface area contributed by atoms with E-state index in [0.717, 1.165) is 55.6 Å². The lowest BCUT2D eigenvalue weighted by Crippen LogP contribution is -2.33. The van der Waals surface area contributed by atoms with Crippen LogP contribution < -0.4 is 5.32 Å². The van der Waals surface area contributed by atoms with Crippen LogP contribution in [-0.2, 0) is 0 Å². The molecule has 0 radical (unpaired) electrons. The topological polar surface area (TPSA) is 49.9 Å². The molecule has 8 rings (SSSR count). The minimum atomic E-state index is -0.360. The lowest BCUT2D eigenvalue weighted by molar-refractivity contribution is 0.662. The predicted octanol–water partition coefficient (Wildman–Crippen LogP) is 9.42. The van der Waals surface area contributed by atoms with Gasteiger partial charge in [0.05, 0.1) is 0 Å². The van der Waals surface area contributed by atoms with Crippen LogP contribution in [-0.4, -0.2) is 11.7 Å². The minimum absolute atomic E-state index is 0.360. The third-order valence-electron chi connectivity index (χ3n) is 7.97. The van der Waals surface area contributed by atoms with E-state index in [1.807, 2.05) is 60.7 Å². The van der Waals surface area contributed by atoms with Gasteiger partial charge in [-0.1, -0.05) is 140 Å². The van der Waals surface area contributed by atoms with Crippen molar-refractivity contribution in [3.8, 4) is 22.3 Å². The molecule has 1 atom stereocenters. The largest absolute Gasteiger partial charge is 0.456 e. The molecular formula is C39H27N3O. The normalized spacial score (nSPS) is 14.7. The molecule has 0 saturated carbocycles. The first kappa shape index (κ1) is 25.0. The molecule has 4 heteroatoms. The van der Waals surface area contributed by atoms with Crippen LogP contribution in [0, 0.1) is 0 Å². The molecule has 0 amide bonds. The van der Waals surface area contributed by atoms with Crippen molar-refractivity contribution >= 4 is 33.6 Å². The maximum absolute atomic E-state index is 6.46. The molecule has 6 aromatic carbocycles. The summed E-state index contributed by atoms with van der Waals surface area (Å²) in [6.45, 7) is 0. The fourth-order valence-electron chi connectivity index (χ4n) is 5.90. The van der Waals surface area contributed by atoms with Crippen molar-refractivity contribution in [2.45, 2.75) is 6.17 Å². The standard InChI is InChI=1S/C39H27N3O/c1-4-12-26(13-5-1)27-22-24-28(25-23-27)31-18-10-20-33-35(31)36-32(19-11-21-34(36)43-33)39-41-37(29-14-6-2-7-15-29)40-38(42-39)30-16-8-3-9-17-30/h1-25,39H,(H,40,41,42). The molecule has 1 unspecified atom stereocenters. The summed E-state index contributed by atoms with van der Waals surface area (Å²) < 4.78 is 6.46. The maximum atomic E-state index is 6.46.